The smallest absolute Gasteiger partial charge is 0.261 e. The fraction of sp³-hybridized carbons (Fsp3) is 0.333. The quantitative estimate of drug-likeness (QED) is 0.811. The molecule has 118 valence electrons. The van der Waals surface area contributed by atoms with Crippen LogP contribution in [0.4, 0.5) is 0 Å². The van der Waals surface area contributed by atoms with Crippen molar-refractivity contribution in [3.8, 4) is 0 Å². The molecule has 5 heteroatoms. The highest BCUT2D eigenvalue weighted by atomic mass is 32.1. The van der Waals surface area contributed by atoms with Crippen LogP contribution in [-0.2, 0) is 13.0 Å². The molecule has 0 atom stereocenters. The molecule has 3 heterocycles. The lowest BCUT2D eigenvalue weighted by atomic mass is 10.1. The average Bonchev–Trinajstić information content (AvgIpc) is 3.13. The van der Waals surface area contributed by atoms with Gasteiger partial charge in [0.2, 0.25) is 0 Å². The van der Waals surface area contributed by atoms with Crippen molar-refractivity contribution in [2.24, 2.45) is 0 Å². The summed E-state index contributed by atoms with van der Waals surface area (Å²) in [6.45, 7) is 3.47. The van der Waals surface area contributed by atoms with Gasteiger partial charge < -0.3 is 0 Å². The summed E-state index contributed by atoms with van der Waals surface area (Å²) in [7, 11) is 0. The Hall–Kier alpha value is -1.98. The summed E-state index contributed by atoms with van der Waals surface area (Å²) in [6.07, 6.45) is 1.94. The standard InChI is InChI=1S/C18H18N2O2S/c21-17-14-4-1-2-5-15(14)18(22)20(17)9-3-8-19-10-6-16-13(12-19)7-11-23-16/h1-2,4-5,7,11H,3,6,8-10,12H2. The van der Waals surface area contributed by atoms with Gasteiger partial charge >= 0.3 is 0 Å². The second kappa shape index (κ2) is 5.91. The Balaban J connectivity index is 1.34. The van der Waals surface area contributed by atoms with Crippen LogP contribution in [0.5, 0.6) is 0 Å². The summed E-state index contributed by atoms with van der Waals surface area (Å²) < 4.78 is 0. The third kappa shape index (κ3) is 2.60. The van der Waals surface area contributed by atoms with Crippen LogP contribution in [0.25, 0.3) is 0 Å². The largest absolute Gasteiger partial charge is 0.299 e. The number of benzene rings is 1. The molecule has 2 aliphatic heterocycles. The highest BCUT2D eigenvalue weighted by Crippen LogP contribution is 2.25. The fourth-order valence-corrected chi connectivity index (χ4v) is 4.28. The Bertz CT molecular complexity index is 733. The van der Waals surface area contributed by atoms with Gasteiger partial charge in [-0.3, -0.25) is 19.4 Å². The van der Waals surface area contributed by atoms with Gasteiger partial charge in [0.1, 0.15) is 0 Å². The zero-order valence-corrected chi connectivity index (χ0v) is 13.6. The summed E-state index contributed by atoms with van der Waals surface area (Å²) in [5.41, 5.74) is 2.51. The highest BCUT2D eigenvalue weighted by molar-refractivity contribution is 7.10. The van der Waals surface area contributed by atoms with Crippen molar-refractivity contribution in [2.75, 3.05) is 19.6 Å². The maximum atomic E-state index is 12.3. The summed E-state index contributed by atoms with van der Waals surface area (Å²) in [5, 5.41) is 2.16. The van der Waals surface area contributed by atoms with Crippen molar-refractivity contribution in [1.29, 1.82) is 0 Å². The molecule has 4 nitrogen and oxygen atoms in total. The Kier molecular flexibility index (Phi) is 3.75. The monoisotopic (exact) mass is 326 g/mol. The van der Waals surface area contributed by atoms with Crippen molar-refractivity contribution in [3.05, 3.63) is 57.3 Å². The van der Waals surface area contributed by atoms with Crippen LogP contribution in [0.2, 0.25) is 0 Å². The molecular weight excluding hydrogens is 308 g/mol. The molecule has 0 spiro atoms. The van der Waals surface area contributed by atoms with E-state index in [-0.39, 0.29) is 11.8 Å². The number of hydrogen-bond donors (Lipinski definition) is 0. The van der Waals surface area contributed by atoms with Gasteiger partial charge in [-0.15, -0.1) is 11.3 Å². The lowest BCUT2D eigenvalue weighted by Gasteiger charge is -2.27. The van der Waals surface area contributed by atoms with E-state index in [4.69, 9.17) is 0 Å². The van der Waals surface area contributed by atoms with Crippen LogP contribution in [0.3, 0.4) is 0 Å². The topological polar surface area (TPSA) is 40.6 Å². The maximum Gasteiger partial charge on any atom is 0.261 e. The third-order valence-corrected chi connectivity index (χ3v) is 5.64. The number of thiophene rings is 1. The SMILES string of the molecule is O=C1c2ccccc2C(=O)N1CCCN1CCc2sccc2C1. The third-order valence-electron chi connectivity index (χ3n) is 4.62. The predicted octanol–water partition coefficient (Wildman–Crippen LogP) is 2.79. The molecule has 23 heavy (non-hydrogen) atoms. The summed E-state index contributed by atoms with van der Waals surface area (Å²) in [5.74, 6) is -0.297. The van der Waals surface area contributed by atoms with Gasteiger partial charge in [0.25, 0.3) is 11.8 Å². The van der Waals surface area contributed by atoms with Crippen LogP contribution in [0.1, 0.15) is 37.6 Å². The molecule has 0 bridgehead atoms. The Labute approximate surface area is 139 Å². The Morgan fingerprint density at radius 1 is 1.00 bits per heavy atom. The molecule has 0 aliphatic carbocycles. The molecule has 2 aromatic rings. The first-order chi connectivity index (χ1) is 11.2. The lowest BCUT2D eigenvalue weighted by molar-refractivity contribution is 0.0646. The fourth-order valence-electron chi connectivity index (χ4n) is 3.39. The predicted molar refractivity (Wildman–Crippen MR) is 89.7 cm³/mol. The first-order valence-corrected chi connectivity index (χ1v) is 8.85. The number of fused-ring (bicyclic) bond motifs is 2. The first kappa shape index (κ1) is 14.6. The summed E-state index contributed by atoms with van der Waals surface area (Å²) in [4.78, 5) is 29.9. The van der Waals surface area contributed by atoms with Crippen molar-refractivity contribution < 1.29 is 9.59 Å². The minimum atomic E-state index is -0.149. The zero-order valence-electron chi connectivity index (χ0n) is 12.8. The molecule has 0 saturated heterocycles. The normalized spacial score (nSPS) is 17.5. The van der Waals surface area contributed by atoms with Gasteiger partial charge in [-0.1, -0.05) is 12.1 Å². The molecule has 0 radical (unpaired) electrons. The van der Waals surface area contributed by atoms with E-state index < -0.39 is 0 Å². The van der Waals surface area contributed by atoms with Crippen LogP contribution in [0.15, 0.2) is 35.7 Å². The number of carbonyl (C=O) groups is 2. The van der Waals surface area contributed by atoms with E-state index in [1.165, 1.54) is 15.3 Å². The van der Waals surface area contributed by atoms with Crippen molar-refractivity contribution in [3.63, 3.8) is 0 Å². The number of hydrogen-bond acceptors (Lipinski definition) is 4. The second-order valence-corrected chi connectivity index (χ2v) is 7.06. The van der Waals surface area contributed by atoms with E-state index in [0.717, 1.165) is 32.5 Å². The first-order valence-electron chi connectivity index (χ1n) is 7.97. The van der Waals surface area contributed by atoms with E-state index in [1.807, 2.05) is 11.3 Å². The molecule has 2 amide bonds. The van der Waals surface area contributed by atoms with Gasteiger partial charge in [0.05, 0.1) is 11.1 Å². The van der Waals surface area contributed by atoms with Crippen LogP contribution < -0.4 is 0 Å². The summed E-state index contributed by atoms with van der Waals surface area (Å²) in [6, 6.07) is 9.28. The van der Waals surface area contributed by atoms with E-state index in [9.17, 15) is 9.59 Å². The molecule has 1 aromatic heterocycles. The highest BCUT2D eigenvalue weighted by Gasteiger charge is 2.34. The van der Waals surface area contributed by atoms with Crippen LogP contribution in [-0.4, -0.2) is 41.2 Å². The molecular formula is C18H18N2O2S. The van der Waals surface area contributed by atoms with Gasteiger partial charge in [-0.25, -0.2) is 0 Å². The van der Waals surface area contributed by atoms with E-state index in [1.54, 1.807) is 24.3 Å². The molecule has 0 fully saturated rings. The second-order valence-electron chi connectivity index (χ2n) is 6.06. The molecule has 4 rings (SSSR count). The number of rotatable bonds is 4. The van der Waals surface area contributed by atoms with Crippen LogP contribution in [0, 0.1) is 0 Å². The van der Waals surface area contributed by atoms with Crippen molar-refractivity contribution in [2.45, 2.75) is 19.4 Å². The number of carbonyl (C=O) groups excluding carboxylic acids is 2. The number of imide groups is 1. The van der Waals surface area contributed by atoms with Crippen LogP contribution >= 0.6 is 11.3 Å². The Morgan fingerprint density at radius 2 is 1.74 bits per heavy atom. The minimum Gasteiger partial charge on any atom is -0.299 e. The van der Waals surface area contributed by atoms with E-state index in [2.05, 4.69) is 16.3 Å². The van der Waals surface area contributed by atoms with Gasteiger partial charge in [-0.2, -0.15) is 0 Å². The number of amides is 2. The van der Waals surface area contributed by atoms with E-state index in [0.29, 0.717) is 17.7 Å². The summed E-state index contributed by atoms with van der Waals surface area (Å²) >= 11 is 1.84. The zero-order chi connectivity index (χ0) is 15.8. The lowest BCUT2D eigenvalue weighted by Crippen LogP contribution is -2.35. The molecule has 1 aromatic carbocycles. The van der Waals surface area contributed by atoms with Crippen molar-refractivity contribution >= 4 is 23.2 Å². The van der Waals surface area contributed by atoms with E-state index >= 15 is 0 Å². The maximum absolute atomic E-state index is 12.3. The molecule has 0 unspecified atom stereocenters. The van der Waals surface area contributed by atoms with Gasteiger partial charge in [-0.05, 0) is 42.0 Å². The average molecular weight is 326 g/mol. The minimum absolute atomic E-state index is 0.149. The van der Waals surface area contributed by atoms with Crippen molar-refractivity contribution in [1.82, 2.24) is 9.80 Å². The molecule has 0 N–H and O–H groups in total. The van der Waals surface area contributed by atoms with Gasteiger partial charge in [0, 0.05) is 31.1 Å². The van der Waals surface area contributed by atoms with Gasteiger partial charge in [0.15, 0.2) is 0 Å². The Morgan fingerprint density at radius 3 is 2.48 bits per heavy atom. The number of nitrogens with zero attached hydrogens (tertiary/aromatic N) is 2. The molecule has 0 saturated carbocycles. The molecule has 2 aliphatic rings.